The molecule has 3 nitrogen and oxygen atoms in total. The lowest BCUT2D eigenvalue weighted by atomic mass is 9.47. The summed E-state index contributed by atoms with van der Waals surface area (Å²) >= 11 is 0. The monoisotopic (exact) mass is 760 g/mol. The molecule has 13 atom stereocenters. The second-order valence-corrected chi connectivity index (χ2v) is 19.6. The number of ether oxygens (including phenoxy) is 2. The maximum absolute atomic E-state index is 7.82. The summed E-state index contributed by atoms with van der Waals surface area (Å²) in [5.74, 6) is 7.14. The Labute approximate surface area is 342 Å². The Balaban J connectivity index is 0.956. The van der Waals surface area contributed by atoms with Gasteiger partial charge in [0.05, 0.1) is 24.4 Å². The molecule has 0 spiro atoms. The van der Waals surface area contributed by atoms with Crippen LogP contribution in [-0.2, 0) is 9.47 Å². The SMILES string of the molecule is c1ccc(-c2ccccc2-c2ccccc2N(c2ccccc2)C2CCCC3OC4C(CCC5C6CCCCC6C6CCCCC6C6CCCCC6C54)OC32)cc1. The van der Waals surface area contributed by atoms with E-state index in [1.165, 1.54) is 130 Å². The van der Waals surface area contributed by atoms with E-state index in [0.29, 0.717) is 5.92 Å². The molecule has 6 saturated carbocycles. The molecule has 3 heteroatoms. The quantitative estimate of drug-likeness (QED) is 0.189. The molecular formula is C54H65NO2. The normalized spacial score (nSPS) is 37.4. The van der Waals surface area contributed by atoms with Crippen LogP contribution in [-0.4, -0.2) is 30.5 Å². The molecule has 0 amide bonds. The van der Waals surface area contributed by atoms with Gasteiger partial charge in [-0.25, -0.2) is 0 Å². The van der Waals surface area contributed by atoms with Gasteiger partial charge in [0.1, 0.15) is 6.10 Å². The van der Waals surface area contributed by atoms with Crippen molar-refractivity contribution in [1.29, 1.82) is 0 Å². The maximum atomic E-state index is 7.82. The molecule has 1 heterocycles. The van der Waals surface area contributed by atoms with Crippen molar-refractivity contribution in [3.05, 3.63) is 109 Å². The van der Waals surface area contributed by atoms with Crippen molar-refractivity contribution in [2.75, 3.05) is 4.90 Å². The smallest absolute Gasteiger partial charge is 0.105 e. The van der Waals surface area contributed by atoms with E-state index >= 15 is 0 Å². The molecule has 6 aliphatic carbocycles. The molecule has 7 fully saturated rings. The van der Waals surface area contributed by atoms with Crippen molar-refractivity contribution >= 4 is 11.4 Å². The predicted octanol–water partition coefficient (Wildman–Crippen LogP) is 13.7. The fourth-order valence-electron chi connectivity index (χ4n) is 15.0. The van der Waals surface area contributed by atoms with E-state index in [0.717, 1.165) is 54.3 Å². The van der Waals surface area contributed by atoms with Crippen molar-refractivity contribution < 1.29 is 9.47 Å². The van der Waals surface area contributed by atoms with E-state index in [9.17, 15) is 0 Å². The number of benzene rings is 4. The minimum atomic E-state index is 0.0510. The second-order valence-electron chi connectivity index (χ2n) is 19.6. The third-order valence-electron chi connectivity index (χ3n) is 17.0. The molecule has 4 aromatic carbocycles. The number of para-hydroxylation sites is 2. The summed E-state index contributed by atoms with van der Waals surface area (Å²) in [7, 11) is 0. The average Bonchev–Trinajstić information content (AvgIpc) is 3.28. The molecule has 0 N–H and O–H groups in total. The Morgan fingerprint density at radius 3 is 1.53 bits per heavy atom. The van der Waals surface area contributed by atoms with Gasteiger partial charge in [0.15, 0.2) is 0 Å². The highest BCUT2D eigenvalue weighted by molar-refractivity contribution is 5.91. The summed E-state index contributed by atoms with van der Waals surface area (Å²) in [6, 6.07) is 40.5. The van der Waals surface area contributed by atoms with E-state index < -0.39 is 0 Å². The van der Waals surface area contributed by atoms with Gasteiger partial charge >= 0.3 is 0 Å². The number of nitrogens with zero attached hydrogens (tertiary/aromatic N) is 1. The molecule has 13 unspecified atom stereocenters. The van der Waals surface area contributed by atoms with Gasteiger partial charge in [-0.05, 0) is 153 Å². The Kier molecular flexibility index (Phi) is 10.3. The number of hydrogen-bond donors (Lipinski definition) is 0. The lowest BCUT2D eigenvalue weighted by Gasteiger charge is -2.61. The van der Waals surface area contributed by atoms with Crippen molar-refractivity contribution in [2.24, 2.45) is 47.3 Å². The third-order valence-corrected chi connectivity index (χ3v) is 17.0. The first-order valence-corrected chi connectivity index (χ1v) is 23.7. The highest BCUT2D eigenvalue weighted by Gasteiger charge is 2.59. The Bertz CT molecular complexity index is 1940. The highest BCUT2D eigenvalue weighted by atomic mass is 16.6. The zero-order valence-electron chi connectivity index (χ0n) is 34.2. The molecule has 0 radical (unpaired) electrons. The highest BCUT2D eigenvalue weighted by Crippen LogP contribution is 2.61. The minimum Gasteiger partial charge on any atom is -0.369 e. The van der Waals surface area contributed by atoms with Gasteiger partial charge in [0.2, 0.25) is 0 Å². The molecule has 0 bridgehead atoms. The van der Waals surface area contributed by atoms with Crippen LogP contribution in [0.2, 0.25) is 0 Å². The van der Waals surface area contributed by atoms with Crippen molar-refractivity contribution in [3.8, 4) is 22.3 Å². The van der Waals surface area contributed by atoms with Crippen LogP contribution in [0, 0.1) is 47.3 Å². The Morgan fingerprint density at radius 2 is 0.860 bits per heavy atom. The lowest BCUT2D eigenvalue weighted by molar-refractivity contribution is -0.279. The number of anilines is 2. The summed E-state index contributed by atoms with van der Waals surface area (Å²) in [5.41, 5.74) is 7.60. The largest absolute Gasteiger partial charge is 0.369 e. The van der Waals surface area contributed by atoms with Crippen LogP contribution in [0.5, 0.6) is 0 Å². The van der Waals surface area contributed by atoms with Crippen LogP contribution in [0.15, 0.2) is 109 Å². The number of fused-ring (bicyclic) bond motifs is 11. The van der Waals surface area contributed by atoms with E-state index in [2.05, 4.69) is 114 Å². The van der Waals surface area contributed by atoms with Gasteiger partial charge in [0, 0.05) is 16.9 Å². The van der Waals surface area contributed by atoms with Crippen LogP contribution >= 0.6 is 0 Å². The topological polar surface area (TPSA) is 21.7 Å². The molecule has 4 aromatic rings. The zero-order chi connectivity index (χ0) is 37.7. The molecular weight excluding hydrogens is 695 g/mol. The molecule has 11 rings (SSSR count). The summed E-state index contributed by atoms with van der Waals surface area (Å²) in [6.07, 6.45) is 24.4. The molecule has 1 saturated heterocycles. The van der Waals surface area contributed by atoms with Gasteiger partial charge in [-0.15, -0.1) is 0 Å². The zero-order valence-corrected chi connectivity index (χ0v) is 34.2. The predicted molar refractivity (Wildman–Crippen MR) is 233 cm³/mol. The van der Waals surface area contributed by atoms with Gasteiger partial charge in [-0.3, -0.25) is 0 Å². The van der Waals surface area contributed by atoms with Crippen molar-refractivity contribution in [2.45, 2.75) is 140 Å². The van der Waals surface area contributed by atoms with E-state index in [1.807, 2.05) is 0 Å². The van der Waals surface area contributed by atoms with Crippen LogP contribution in [0.1, 0.15) is 109 Å². The molecule has 0 aromatic heterocycles. The van der Waals surface area contributed by atoms with E-state index in [-0.39, 0.29) is 30.5 Å². The number of hydrogen-bond acceptors (Lipinski definition) is 3. The van der Waals surface area contributed by atoms with Crippen LogP contribution < -0.4 is 4.90 Å². The minimum absolute atomic E-state index is 0.0510. The van der Waals surface area contributed by atoms with Crippen LogP contribution in [0.25, 0.3) is 22.3 Å². The first-order valence-electron chi connectivity index (χ1n) is 23.7. The summed E-state index contributed by atoms with van der Waals surface area (Å²) < 4.78 is 15.6. The van der Waals surface area contributed by atoms with E-state index in [1.54, 1.807) is 0 Å². The Morgan fingerprint density at radius 1 is 0.368 bits per heavy atom. The summed E-state index contributed by atoms with van der Waals surface area (Å²) in [6.45, 7) is 0. The fraction of sp³-hybridized carbons (Fsp3) is 0.556. The van der Waals surface area contributed by atoms with Gasteiger partial charge in [-0.1, -0.05) is 130 Å². The molecule has 1 aliphatic heterocycles. The Hall–Kier alpha value is -3.40. The molecule has 298 valence electrons. The molecule has 57 heavy (non-hydrogen) atoms. The third kappa shape index (κ3) is 6.62. The first kappa shape index (κ1) is 36.7. The van der Waals surface area contributed by atoms with Crippen LogP contribution in [0.3, 0.4) is 0 Å². The van der Waals surface area contributed by atoms with Gasteiger partial charge < -0.3 is 14.4 Å². The van der Waals surface area contributed by atoms with Crippen molar-refractivity contribution in [1.82, 2.24) is 0 Å². The van der Waals surface area contributed by atoms with Crippen LogP contribution in [0.4, 0.5) is 11.4 Å². The van der Waals surface area contributed by atoms with Gasteiger partial charge in [-0.2, -0.15) is 0 Å². The summed E-state index contributed by atoms with van der Waals surface area (Å²) in [5, 5.41) is 0. The maximum Gasteiger partial charge on any atom is 0.105 e. The first-order chi connectivity index (χ1) is 28.3. The lowest BCUT2D eigenvalue weighted by Crippen LogP contribution is -2.64. The average molecular weight is 760 g/mol. The standard InChI is InChI=1S/C54H65NO2/c1-3-18-36(19-4-1)38-22-7-8-23-39(38)45-29-15-16-31-48(45)55(37-20-5-2-6-21-37)49-32-17-33-50-53(49)56-51-35-34-47-44-28-12-11-26-42(44)40-24-9-10-25-41(40)43-27-13-14-30-46(43)52(47)54(51)57-50/h1-8,15-16,18-23,29,31,40-44,46-47,49-54H,9-14,17,24-28,30,32-35H2. The van der Waals surface area contributed by atoms with Gasteiger partial charge in [0.25, 0.3) is 0 Å². The van der Waals surface area contributed by atoms with Crippen molar-refractivity contribution in [3.63, 3.8) is 0 Å². The molecule has 7 aliphatic rings. The van der Waals surface area contributed by atoms with E-state index in [4.69, 9.17) is 9.47 Å². The number of rotatable bonds is 5. The fourth-order valence-corrected chi connectivity index (χ4v) is 15.0. The summed E-state index contributed by atoms with van der Waals surface area (Å²) in [4.78, 5) is 2.67. The second kappa shape index (κ2) is 16.0.